The molecule has 1 aliphatic rings. The topological polar surface area (TPSA) is 38.3 Å². The van der Waals surface area contributed by atoms with E-state index in [1.54, 1.807) is 0 Å². The van der Waals surface area contributed by atoms with Crippen LogP contribution in [-0.2, 0) is 4.79 Å². The molecule has 0 fully saturated rings. The summed E-state index contributed by atoms with van der Waals surface area (Å²) in [6, 6.07) is 7.90. The molecule has 4 heteroatoms. The van der Waals surface area contributed by atoms with E-state index in [9.17, 15) is 4.79 Å². The number of rotatable bonds is 4. The molecule has 98 valence electrons. The molecule has 18 heavy (non-hydrogen) atoms. The molecule has 1 aliphatic heterocycles. The molecule has 1 aromatic rings. The van der Waals surface area contributed by atoms with Crippen molar-refractivity contribution in [3.8, 4) is 5.75 Å². The molecule has 0 saturated heterocycles. The van der Waals surface area contributed by atoms with Crippen molar-refractivity contribution in [3.05, 3.63) is 29.8 Å². The maximum Gasteiger partial charge on any atom is 0.231 e. The first kappa shape index (κ1) is 13.4. The van der Waals surface area contributed by atoms with Crippen LogP contribution in [0.15, 0.2) is 24.3 Å². The van der Waals surface area contributed by atoms with Crippen molar-refractivity contribution in [2.75, 3.05) is 11.9 Å². The predicted octanol–water partition coefficient (Wildman–Crippen LogP) is 2.70. The Bertz CT molecular complexity index is 434. The van der Waals surface area contributed by atoms with Gasteiger partial charge in [-0.3, -0.25) is 4.79 Å². The number of alkyl halides is 1. The van der Waals surface area contributed by atoms with Gasteiger partial charge in [0.15, 0.2) is 0 Å². The predicted molar refractivity (Wildman–Crippen MR) is 75.2 cm³/mol. The quantitative estimate of drug-likeness (QED) is 0.868. The van der Waals surface area contributed by atoms with Gasteiger partial charge in [-0.1, -0.05) is 48.0 Å². The van der Waals surface area contributed by atoms with Crippen molar-refractivity contribution in [1.29, 1.82) is 0 Å². The fourth-order valence-electron chi connectivity index (χ4n) is 2.05. The minimum absolute atomic E-state index is 0.0538. The summed E-state index contributed by atoms with van der Waals surface area (Å²) in [5, 5.41) is 3.85. The van der Waals surface area contributed by atoms with Crippen molar-refractivity contribution in [2.24, 2.45) is 5.92 Å². The number of para-hydroxylation sites is 1. The molecule has 2 unspecified atom stereocenters. The van der Waals surface area contributed by atoms with Crippen LogP contribution < -0.4 is 10.1 Å². The molecule has 0 radical (unpaired) electrons. The number of amides is 1. The van der Waals surface area contributed by atoms with Gasteiger partial charge in [0, 0.05) is 16.9 Å². The molecular formula is C14H18BrNO2. The number of fused-ring (bicyclic) bond motifs is 1. The summed E-state index contributed by atoms with van der Waals surface area (Å²) < 4.78 is 5.54. The van der Waals surface area contributed by atoms with Crippen LogP contribution in [0.1, 0.15) is 25.3 Å². The highest BCUT2D eigenvalue weighted by Crippen LogP contribution is 2.33. The third-order valence-corrected chi connectivity index (χ3v) is 4.01. The first-order chi connectivity index (χ1) is 8.63. The van der Waals surface area contributed by atoms with Gasteiger partial charge < -0.3 is 10.1 Å². The molecular weight excluding hydrogens is 294 g/mol. The lowest BCUT2D eigenvalue weighted by Gasteiger charge is -2.21. The summed E-state index contributed by atoms with van der Waals surface area (Å²) in [6.45, 7) is 4.65. The Balaban J connectivity index is 2.07. The number of ether oxygens (including phenoxy) is 1. The first-order valence-corrected chi connectivity index (χ1v) is 7.33. The molecule has 0 spiro atoms. The number of carbonyl (C=O) groups excluding carboxylic acids is 1. The highest BCUT2D eigenvalue weighted by Gasteiger charge is 2.31. The van der Waals surface area contributed by atoms with Crippen LogP contribution in [0.2, 0.25) is 0 Å². The van der Waals surface area contributed by atoms with Gasteiger partial charge in [0.1, 0.15) is 18.3 Å². The number of hydrogen-bond acceptors (Lipinski definition) is 2. The van der Waals surface area contributed by atoms with Crippen LogP contribution in [0, 0.1) is 5.92 Å². The third kappa shape index (κ3) is 2.69. The van der Waals surface area contributed by atoms with E-state index in [0.29, 0.717) is 12.5 Å². The van der Waals surface area contributed by atoms with Crippen LogP contribution in [0.5, 0.6) is 5.75 Å². The molecule has 3 nitrogen and oxygen atoms in total. The zero-order chi connectivity index (χ0) is 13.1. The molecule has 0 saturated carbocycles. The van der Waals surface area contributed by atoms with Gasteiger partial charge in [-0.15, -0.1) is 0 Å². The molecule has 2 rings (SSSR count). The lowest BCUT2D eigenvalue weighted by molar-refractivity contribution is -0.123. The molecule has 1 heterocycles. The second-order valence-electron chi connectivity index (χ2n) is 4.91. The summed E-state index contributed by atoms with van der Waals surface area (Å²) in [4.78, 5) is 12.3. The summed E-state index contributed by atoms with van der Waals surface area (Å²) in [7, 11) is 0. The Morgan fingerprint density at radius 2 is 2.22 bits per heavy atom. The molecule has 2 atom stereocenters. The Morgan fingerprint density at radius 1 is 1.50 bits per heavy atom. The SMILES string of the molecule is CC(C)C(CBr)NC(=O)C1COc2ccccc21. The second kappa shape index (κ2) is 5.74. The minimum atomic E-state index is -0.179. The maximum atomic E-state index is 12.3. The number of hydrogen-bond donors (Lipinski definition) is 1. The van der Waals surface area contributed by atoms with Gasteiger partial charge >= 0.3 is 0 Å². The molecule has 1 amide bonds. The Morgan fingerprint density at radius 3 is 2.89 bits per heavy atom. The van der Waals surface area contributed by atoms with E-state index < -0.39 is 0 Å². The zero-order valence-electron chi connectivity index (χ0n) is 10.7. The molecule has 0 aliphatic carbocycles. The van der Waals surface area contributed by atoms with Crippen LogP contribution >= 0.6 is 15.9 Å². The van der Waals surface area contributed by atoms with E-state index in [1.165, 1.54) is 0 Å². The van der Waals surface area contributed by atoms with E-state index in [0.717, 1.165) is 16.6 Å². The zero-order valence-corrected chi connectivity index (χ0v) is 12.2. The van der Waals surface area contributed by atoms with E-state index in [4.69, 9.17) is 4.74 Å². The Hall–Kier alpha value is -1.03. The third-order valence-electron chi connectivity index (χ3n) is 3.32. The lowest BCUT2D eigenvalue weighted by atomic mass is 9.99. The van der Waals surface area contributed by atoms with E-state index in [2.05, 4.69) is 35.1 Å². The monoisotopic (exact) mass is 311 g/mol. The summed E-state index contributed by atoms with van der Waals surface area (Å²) in [6.07, 6.45) is 0. The maximum absolute atomic E-state index is 12.3. The highest BCUT2D eigenvalue weighted by molar-refractivity contribution is 9.09. The summed E-state index contributed by atoms with van der Waals surface area (Å²) in [5.74, 6) is 1.11. The smallest absolute Gasteiger partial charge is 0.231 e. The highest BCUT2D eigenvalue weighted by atomic mass is 79.9. The van der Waals surface area contributed by atoms with Crippen molar-refractivity contribution in [3.63, 3.8) is 0 Å². The molecule has 0 bridgehead atoms. The lowest BCUT2D eigenvalue weighted by Crippen LogP contribution is -2.42. The van der Waals surface area contributed by atoms with Gasteiger partial charge in [-0.25, -0.2) is 0 Å². The molecule has 1 N–H and O–H groups in total. The number of nitrogens with one attached hydrogen (secondary N) is 1. The van der Waals surface area contributed by atoms with Crippen LogP contribution in [0.4, 0.5) is 0 Å². The average molecular weight is 312 g/mol. The number of benzene rings is 1. The first-order valence-electron chi connectivity index (χ1n) is 6.21. The van der Waals surface area contributed by atoms with Crippen LogP contribution in [-0.4, -0.2) is 23.9 Å². The normalized spacial score (nSPS) is 19.2. The number of halogens is 1. The van der Waals surface area contributed by atoms with Gasteiger partial charge in [0.05, 0.1) is 0 Å². The van der Waals surface area contributed by atoms with Crippen LogP contribution in [0.25, 0.3) is 0 Å². The van der Waals surface area contributed by atoms with Gasteiger partial charge in [-0.2, -0.15) is 0 Å². The van der Waals surface area contributed by atoms with Crippen molar-refractivity contribution in [1.82, 2.24) is 5.32 Å². The minimum Gasteiger partial charge on any atom is -0.492 e. The van der Waals surface area contributed by atoms with Crippen molar-refractivity contribution >= 4 is 21.8 Å². The van der Waals surface area contributed by atoms with E-state index >= 15 is 0 Å². The Kier molecular flexibility index (Phi) is 4.27. The van der Waals surface area contributed by atoms with Gasteiger partial charge in [0.2, 0.25) is 5.91 Å². The van der Waals surface area contributed by atoms with E-state index in [-0.39, 0.29) is 17.9 Å². The standard InChI is InChI=1S/C14H18BrNO2/c1-9(2)12(7-15)16-14(17)11-8-18-13-6-4-3-5-10(11)13/h3-6,9,11-12H,7-8H2,1-2H3,(H,16,17). The summed E-state index contributed by atoms with van der Waals surface area (Å²) in [5.41, 5.74) is 0.993. The van der Waals surface area contributed by atoms with Gasteiger partial charge in [0.25, 0.3) is 0 Å². The number of carbonyl (C=O) groups is 1. The summed E-state index contributed by atoms with van der Waals surface area (Å²) >= 11 is 3.44. The van der Waals surface area contributed by atoms with Crippen molar-refractivity contribution < 1.29 is 9.53 Å². The second-order valence-corrected chi connectivity index (χ2v) is 5.56. The molecule has 1 aromatic carbocycles. The van der Waals surface area contributed by atoms with Gasteiger partial charge in [-0.05, 0) is 12.0 Å². The van der Waals surface area contributed by atoms with Crippen LogP contribution in [0.3, 0.4) is 0 Å². The Labute approximate surface area is 116 Å². The van der Waals surface area contributed by atoms with E-state index in [1.807, 2.05) is 24.3 Å². The molecule has 0 aromatic heterocycles. The van der Waals surface area contributed by atoms with Crippen molar-refractivity contribution in [2.45, 2.75) is 25.8 Å². The fraction of sp³-hybridized carbons (Fsp3) is 0.500. The average Bonchev–Trinajstić information content (AvgIpc) is 2.79. The largest absolute Gasteiger partial charge is 0.492 e. The fourth-order valence-corrected chi connectivity index (χ4v) is 2.96.